The number of carbonyl (C=O) groups excluding carboxylic acids is 2. The standard InChI is InChI=1S/C19H18ClN3O2S2.ClH/c1-2-23-8-7-10-13(9-23)27-19(14(10)17(21)24)22-18(25)16-15(20)11-5-3-4-6-12(11)26-16;/h3-6H,2,7-9H2,1H3,(H2,21,24)(H,22,25);1H. The number of carbonyl (C=O) groups is 2. The molecule has 28 heavy (non-hydrogen) atoms. The second-order valence-corrected chi connectivity index (χ2v) is 8.92. The largest absolute Gasteiger partial charge is 0.365 e. The molecule has 1 aromatic carbocycles. The fourth-order valence-corrected chi connectivity index (χ4v) is 6.10. The average Bonchev–Trinajstić information content (AvgIpc) is 3.18. The first-order valence-electron chi connectivity index (χ1n) is 8.64. The van der Waals surface area contributed by atoms with Gasteiger partial charge in [-0.3, -0.25) is 14.5 Å². The first kappa shape index (κ1) is 21.1. The van der Waals surface area contributed by atoms with Gasteiger partial charge in [-0.15, -0.1) is 35.1 Å². The van der Waals surface area contributed by atoms with Crippen molar-refractivity contribution in [3.63, 3.8) is 0 Å². The molecule has 3 heterocycles. The number of thiophene rings is 2. The number of rotatable bonds is 4. The van der Waals surface area contributed by atoms with E-state index in [0.717, 1.165) is 46.6 Å². The summed E-state index contributed by atoms with van der Waals surface area (Å²) in [7, 11) is 0. The molecule has 0 atom stereocenters. The normalized spacial score (nSPS) is 13.8. The molecule has 0 aliphatic carbocycles. The second kappa shape index (κ2) is 8.39. The molecule has 0 saturated heterocycles. The third kappa shape index (κ3) is 3.65. The summed E-state index contributed by atoms with van der Waals surface area (Å²) in [5.41, 5.74) is 7.04. The van der Waals surface area contributed by atoms with Crippen molar-refractivity contribution in [3.05, 3.63) is 50.2 Å². The van der Waals surface area contributed by atoms with Crippen molar-refractivity contribution in [1.29, 1.82) is 0 Å². The maximum absolute atomic E-state index is 12.9. The third-order valence-corrected chi connectivity index (χ3v) is 7.60. The summed E-state index contributed by atoms with van der Waals surface area (Å²) in [5, 5.41) is 4.70. The van der Waals surface area contributed by atoms with Crippen molar-refractivity contribution in [3.8, 4) is 0 Å². The van der Waals surface area contributed by atoms with Crippen LogP contribution < -0.4 is 11.1 Å². The number of likely N-dealkylation sites (N-methyl/N-ethyl adjacent to an activating group) is 1. The molecule has 1 aliphatic heterocycles. The number of hydrogen-bond donors (Lipinski definition) is 2. The maximum atomic E-state index is 12.9. The van der Waals surface area contributed by atoms with E-state index in [2.05, 4.69) is 17.1 Å². The summed E-state index contributed by atoms with van der Waals surface area (Å²) in [4.78, 5) is 28.8. The molecule has 0 spiro atoms. The van der Waals surface area contributed by atoms with Crippen molar-refractivity contribution in [1.82, 2.24) is 4.90 Å². The van der Waals surface area contributed by atoms with Gasteiger partial charge >= 0.3 is 0 Å². The van der Waals surface area contributed by atoms with Crippen molar-refractivity contribution in [2.24, 2.45) is 5.73 Å². The van der Waals surface area contributed by atoms with E-state index in [-0.39, 0.29) is 18.3 Å². The molecule has 2 amide bonds. The summed E-state index contributed by atoms with van der Waals surface area (Å²) in [6.45, 7) is 4.72. The van der Waals surface area contributed by atoms with Crippen LogP contribution in [0, 0.1) is 0 Å². The summed E-state index contributed by atoms with van der Waals surface area (Å²) >= 11 is 9.19. The lowest BCUT2D eigenvalue weighted by atomic mass is 10.0. The topological polar surface area (TPSA) is 75.4 Å². The predicted molar refractivity (Wildman–Crippen MR) is 120 cm³/mol. The van der Waals surface area contributed by atoms with Crippen LogP contribution in [0.1, 0.15) is 37.4 Å². The first-order chi connectivity index (χ1) is 13.0. The minimum Gasteiger partial charge on any atom is -0.365 e. The van der Waals surface area contributed by atoms with Gasteiger partial charge in [-0.25, -0.2) is 0 Å². The van der Waals surface area contributed by atoms with Crippen LogP contribution in [0.2, 0.25) is 5.02 Å². The van der Waals surface area contributed by atoms with Crippen LogP contribution in [0.5, 0.6) is 0 Å². The van der Waals surface area contributed by atoms with Gasteiger partial charge in [-0.1, -0.05) is 36.7 Å². The predicted octanol–water partition coefficient (Wildman–Crippen LogP) is 4.77. The molecular formula is C19H19Cl2N3O2S2. The van der Waals surface area contributed by atoms with Crippen LogP contribution >= 0.6 is 46.7 Å². The smallest absolute Gasteiger partial charge is 0.267 e. The zero-order chi connectivity index (χ0) is 19.1. The van der Waals surface area contributed by atoms with E-state index in [1.54, 1.807) is 0 Å². The van der Waals surface area contributed by atoms with Gasteiger partial charge in [0.05, 0.1) is 10.6 Å². The quantitative estimate of drug-likeness (QED) is 0.594. The number of benzene rings is 1. The molecule has 3 aromatic rings. The fourth-order valence-electron chi connectivity index (χ4n) is 3.39. The lowest BCUT2D eigenvalue weighted by molar-refractivity contribution is 0.1000. The summed E-state index contributed by atoms with van der Waals surface area (Å²) < 4.78 is 0.951. The summed E-state index contributed by atoms with van der Waals surface area (Å²) in [6, 6.07) is 7.62. The number of amides is 2. The Morgan fingerprint density at radius 1 is 1.29 bits per heavy atom. The average molecular weight is 456 g/mol. The zero-order valence-electron chi connectivity index (χ0n) is 15.1. The molecule has 0 fully saturated rings. The van der Waals surface area contributed by atoms with E-state index >= 15 is 0 Å². The van der Waals surface area contributed by atoms with Gasteiger partial charge in [0, 0.05) is 28.1 Å². The molecule has 4 rings (SSSR count). The Bertz CT molecular complexity index is 1060. The molecule has 3 N–H and O–H groups in total. The first-order valence-corrected chi connectivity index (χ1v) is 10.7. The SMILES string of the molecule is CCN1CCc2c(sc(NC(=O)c3sc4ccccc4c3Cl)c2C(N)=O)C1.Cl. The van der Waals surface area contributed by atoms with E-state index in [0.29, 0.717) is 20.5 Å². The van der Waals surface area contributed by atoms with Crippen molar-refractivity contribution in [2.75, 3.05) is 18.4 Å². The highest BCUT2D eigenvalue weighted by atomic mass is 35.5. The molecule has 148 valence electrons. The lowest BCUT2D eigenvalue weighted by Gasteiger charge is -2.25. The van der Waals surface area contributed by atoms with Crippen LogP contribution in [0.4, 0.5) is 5.00 Å². The molecular weight excluding hydrogens is 437 g/mol. The summed E-state index contributed by atoms with van der Waals surface area (Å²) in [6.07, 6.45) is 0.761. The molecule has 1 aliphatic rings. The van der Waals surface area contributed by atoms with Crippen LogP contribution in [0.15, 0.2) is 24.3 Å². The van der Waals surface area contributed by atoms with E-state index < -0.39 is 5.91 Å². The van der Waals surface area contributed by atoms with Gasteiger partial charge in [-0.05, 0) is 24.6 Å². The third-order valence-electron chi connectivity index (χ3n) is 4.80. The van der Waals surface area contributed by atoms with Gasteiger partial charge in [0.2, 0.25) is 0 Å². The zero-order valence-corrected chi connectivity index (χ0v) is 18.3. The van der Waals surface area contributed by atoms with Gasteiger partial charge in [0.1, 0.15) is 9.88 Å². The lowest BCUT2D eigenvalue weighted by Crippen LogP contribution is -2.30. The van der Waals surface area contributed by atoms with Gasteiger partial charge in [0.15, 0.2) is 0 Å². The van der Waals surface area contributed by atoms with Gasteiger partial charge in [-0.2, -0.15) is 0 Å². The highest BCUT2D eigenvalue weighted by Crippen LogP contribution is 2.39. The highest BCUT2D eigenvalue weighted by molar-refractivity contribution is 7.22. The number of nitrogens with zero attached hydrogens (tertiary/aromatic N) is 1. The fraction of sp³-hybridized carbons (Fsp3) is 0.263. The van der Waals surface area contributed by atoms with Crippen molar-refractivity contribution < 1.29 is 9.59 Å². The molecule has 0 saturated carbocycles. The Morgan fingerprint density at radius 2 is 2.04 bits per heavy atom. The number of nitrogens with one attached hydrogen (secondary N) is 1. The van der Waals surface area contributed by atoms with E-state index in [1.807, 2.05) is 24.3 Å². The Labute approximate surface area is 181 Å². The van der Waals surface area contributed by atoms with Crippen LogP contribution in [0.3, 0.4) is 0 Å². The Balaban J connectivity index is 0.00000225. The Morgan fingerprint density at radius 3 is 2.71 bits per heavy atom. The Kier molecular flexibility index (Phi) is 6.31. The molecule has 2 aromatic heterocycles. The van der Waals surface area contributed by atoms with Gasteiger partial charge in [0.25, 0.3) is 11.8 Å². The molecule has 0 unspecified atom stereocenters. The number of hydrogen-bond acceptors (Lipinski definition) is 5. The summed E-state index contributed by atoms with van der Waals surface area (Å²) in [5.74, 6) is -0.815. The Hall–Kier alpha value is -1.64. The number of nitrogens with two attached hydrogens (primary N) is 1. The molecule has 5 nitrogen and oxygen atoms in total. The number of anilines is 1. The maximum Gasteiger partial charge on any atom is 0.267 e. The van der Waals surface area contributed by atoms with Crippen molar-refractivity contribution in [2.45, 2.75) is 19.9 Å². The monoisotopic (exact) mass is 455 g/mol. The van der Waals surface area contributed by atoms with E-state index in [1.165, 1.54) is 22.7 Å². The van der Waals surface area contributed by atoms with Crippen molar-refractivity contribution >= 4 is 73.6 Å². The minimum absolute atomic E-state index is 0. The van der Waals surface area contributed by atoms with Crippen LogP contribution in [-0.2, 0) is 13.0 Å². The van der Waals surface area contributed by atoms with Crippen LogP contribution in [0.25, 0.3) is 10.1 Å². The second-order valence-electron chi connectivity index (χ2n) is 6.39. The highest BCUT2D eigenvalue weighted by Gasteiger charge is 2.28. The molecule has 0 radical (unpaired) electrons. The van der Waals surface area contributed by atoms with E-state index in [4.69, 9.17) is 17.3 Å². The number of fused-ring (bicyclic) bond motifs is 2. The van der Waals surface area contributed by atoms with Gasteiger partial charge < -0.3 is 11.1 Å². The van der Waals surface area contributed by atoms with E-state index in [9.17, 15) is 9.59 Å². The molecule has 9 heteroatoms. The number of primary amides is 1. The molecule has 0 bridgehead atoms. The minimum atomic E-state index is -0.504. The number of halogens is 2. The van der Waals surface area contributed by atoms with Crippen LogP contribution in [-0.4, -0.2) is 29.8 Å².